The molecule has 0 aliphatic heterocycles. The van der Waals surface area contributed by atoms with E-state index in [1.165, 1.54) is 0 Å². The largest absolute Gasteiger partial charge is 0.322 e. The standard InChI is InChI=1S/C12H21ClN2S/c1-5-15(6-2)12(3,4)11(14)9-7-8-10(13)16-9/h7-8,11H,5-6,14H2,1-4H3. The first-order chi connectivity index (χ1) is 7.43. The highest BCUT2D eigenvalue weighted by atomic mass is 35.5. The zero-order valence-corrected chi connectivity index (χ0v) is 12.0. The van der Waals surface area contributed by atoms with Crippen molar-refractivity contribution in [3.8, 4) is 0 Å². The predicted molar refractivity (Wildman–Crippen MR) is 73.3 cm³/mol. The second kappa shape index (κ2) is 5.50. The Balaban J connectivity index is 2.90. The Morgan fingerprint density at radius 2 is 1.94 bits per heavy atom. The Bertz CT molecular complexity index is 332. The van der Waals surface area contributed by atoms with Gasteiger partial charge in [-0.2, -0.15) is 0 Å². The van der Waals surface area contributed by atoms with Crippen molar-refractivity contribution in [2.45, 2.75) is 39.3 Å². The number of hydrogen-bond acceptors (Lipinski definition) is 3. The molecule has 4 heteroatoms. The van der Waals surface area contributed by atoms with E-state index in [1.807, 2.05) is 12.1 Å². The topological polar surface area (TPSA) is 29.3 Å². The molecule has 1 aromatic heterocycles. The van der Waals surface area contributed by atoms with Crippen LogP contribution in [0.1, 0.15) is 38.6 Å². The Hall–Kier alpha value is -0.0900. The molecule has 1 rings (SSSR count). The van der Waals surface area contributed by atoms with Gasteiger partial charge in [-0.25, -0.2) is 0 Å². The van der Waals surface area contributed by atoms with Crippen molar-refractivity contribution < 1.29 is 0 Å². The van der Waals surface area contributed by atoms with Gasteiger partial charge in [-0.05, 0) is 39.1 Å². The van der Waals surface area contributed by atoms with Crippen LogP contribution < -0.4 is 5.73 Å². The van der Waals surface area contributed by atoms with Crippen LogP contribution in [0.5, 0.6) is 0 Å². The number of nitrogens with zero attached hydrogens (tertiary/aromatic N) is 1. The van der Waals surface area contributed by atoms with Crippen molar-refractivity contribution in [2.24, 2.45) is 5.73 Å². The lowest BCUT2D eigenvalue weighted by molar-refractivity contribution is 0.108. The molecule has 16 heavy (non-hydrogen) atoms. The van der Waals surface area contributed by atoms with Gasteiger partial charge in [-0.3, -0.25) is 4.90 Å². The van der Waals surface area contributed by atoms with E-state index in [1.54, 1.807) is 11.3 Å². The maximum atomic E-state index is 6.35. The lowest BCUT2D eigenvalue weighted by atomic mass is 9.91. The maximum absolute atomic E-state index is 6.35. The summed E-state index contributed by atoms with van der Waals surface area (Å²) in [4.78, 5) is 3.53. The lowest BCUT2D eigenvalue weighted by Gasteiger charge is -2.41. The minimum Gasteiger partial charge on any atom is -0.322 e. The number of halogens is 1. The highest BCUT2D eigenvalue weighted by Crippen LogP contribution is 2.34. The van der Waals surface area contributed by atoms with Gasteiger partial charge < -0.3 is 5.73 Å². The smallest absolute Gasteiger partial charge is 0.0931 e. The van der Waals surface area contributed by atoms with Gasteiger partial charge in [-0.1, -0.05) is 25.4 Å². The molecule has 0 spiro atoms. The van der Waals surface area contributed by atoms with Gasteiger partial charge >= 0.3 is 0 Å². The Labute approximate surface area is 107 Å². The molecule has 92 valence electrons. The first-order valence-electron chi connectivity index (χ1n) is 5.69. The van der Waals surface area contributed by atoms with E-state index in [4.69, 9.17) is 17.3 Å². The summed E-state index contributed by atoms with van der Waals surface area (Å²) in [6.07, 6.45) is 0. The second-order valence-electron chi connectivity index (χ2n) is 4.45. The maximum Gasteiger partial charge on any atom is 0.0931 e. The molecule has 0 aliphatic rings. The van der Waals surface area contributed by atoms with Crippen molar-refractivity contribution in [3.63, 3.8) is 0 Å². The third kappa shape index (κ3) is 2.77. The summed E-state index contributed by atoms with van der Waals surface area (Å²) < 4.78 is 0.806. The SMILES string of the molecule is CCN(CC)C(C)(C)C(N)c1ccc(Cl)s1. The summed E-state index contributed by atoms with van der Waals surface area (Å²) in [5, 5.41) is 0. The van der Waals surface area contributed by atoms with Gasteiger partial charge in [0.25, 0.3) is 0 Å². The van der Waals surface area contributed by atoms with Crippen molar-refractivity contribution in [1.29, 1.82) is 0 Å². The quantitative estimate of drug-likeness (QED) is 0.878. The van der Waals surface area contributed by atoms with Crippen LogP contribution in [0, 0.1) is 0 Å². The second-order valence-corrected chi connectivity index (χ2v) is 6.19. The molecular formula is C12H21ClN2S. The van der Waals surface area contributed by atoms with Crippen LogP contribution in [0.3, 0.4) is 0 Å². The van der Waals surface area contributed by atoms with Gasteiger partial charge in [0.2, 0.25) is 0 Å². The van der Waals surface area contributed by atoms with Crippen LogP contribution in [0.15, 0.2) is 12.1 Å². The molecule has 0 saturated carbocycles. The van der Waals surface area contributed by atoms with Crippen LogP contribution in [0.4, 0.5) is 0 Å². The van der Waals surface area contributed by atoms with Gasteiger partial charge in [0.15, 0.2) is 0 Å². The average molecular weight is 261 g/mol. The fourth-order valence-electron chi connectivity index (χ4n) is 2.08. The van der Waals surface area contributed by atoms with E-state index in [2.05, 4.69) is 32.6 Å². The first kappa shape index (κ1) is 14.0. The lowest BCUT2D eigenvalue weighted by Crippen LogP contribution is -2.50. The zero-order chi connectivity index (χ0) is 12.3. The normalized spacial score (nSPS) is 14.4. The highest BCUT2D eigenvalue weighted by Gasteiger charge is 2.33. The Kier molecular flexibility index (Phi) is 4.80. The third-order valence-corrected chi connectivity index (χ3v) is 4.55. The zero-order valence-electron chi connectivity index (χ0n) is 10.5. The van der Waals surface area contributed by atoms with Crippen LogP contribution in [0.25, 0.3) is 0 Å². The number of thiophene rings is 1. The third-order valence-electron chi connectivity index (χ3n) is 3.24. The number of hydrogen-bond donors (Lipinski definition) is 1. The molecule has 0 radical (unpaired) electrons. The summed E-state index contributed by atoms with van der Waals surface area (Å²) in [7, 11) is 0. The van der Waals surface area contributed by atoms with Crippen molar-refractivity contribution in [1.82, 2.24) is 4.90 Å². The van der Waals surface area contributed by atoms with Crippen LogP contribution in [-0.4, -0.2) is 23.5 Å². The van der Waals surface area contributed by atoms with Gasteiger partial charge in [0, 0.05) is 10.4 Å². The summed E-state index contributed by atoms with van der Waals surface area (Å²) in [6.45, 7) is 10.7. The molecule has 1 unspecified atom stereocenters. The average Bonchev–Trinajstić information content (AvgIpc) is 2.65. The predicted octanol–water partition coefficient (Wildman–Crippen LogP) is 3.52. The van der Waals surface area contributed by atoms with Crippen molar-refractivity contribution >= 4 is 22.9 Å². The molecule has 1 atom stereocenters. The molecule has 0 saturated heterocycles. The summed E-state index contributed by atoms with van der Waals surface area (Å²) in [5.74, 6) is 0. The van der Waals surface area contributed by atoms with Crippen molar-refractivity contribution in [3.05, 3.63) is 21.3 Å². The van der Waals surface area contributed by atoms with Gasteiger partial charge in [0.05, 0.1) is 10.4 Å². The molecule has 2 nitrogen and oxygen atoms in total. The monoisotopic (exact) mass is 260 g/mol. The Morgan fingerprint density at radius 3 is 2.31 bits per heavy atom. The highest BCUT2D eigenvalue weighted by molar-refractivity contribution is 7.16. The van der Waals surface area contributed by atoms with E-state index in [9.17, 15) is 0 Å². The van der Waals surface area contributed by atoms with Crippen LogP contribution in [0.2, 0.25) is 4.34 Å². The molecule has 0 amide bonds. The van der Waals surface area contributed by atoms with E-state index < -0.39 is 0 Å². The number of likely N-dealkylation sites (N-methyl/N-ethyl adjacent to an activating group) is 1. The minimum atomic E-state index is -0.0440. The molecule has 0 aliphatic carbocycles. The molecule has 1 heterocycles. The fourth-order valence-corrected chi connectivity index (χ4v) is 3.32. The van der Waals surface area contributed by atoms with E-state index >= 15 is 0 Å². The van der Waals surface area contributed by atoms with E-state index in [-0.39, 0.29) is 11.6 Å². The molecule has 0 fully saturated rings. The van der Waals surface area contributed by atoms with Gasteiger partial charge in [0.1, 0.15) is 0 Å². The first-order valence-corrected chi connectivity index (χ1v) is 6.88. The molecule has 0 bridgehead atoms. The van der Waals surface area contributed by atoms with Gasteiger partial charge in [-0.15, -0.1) is 11.3 Å². The van der Waals surface area contributed by atoms with E-state index in [0.29, 0.717) is 0 Å². The van der Waals surface area contributed by atoms with Crippen LogP contribution in [-0.2, 0) is 0 Å². The molecule has 1 aromatic rings. The molecular weight excluding hydrogens is 240 g/mol. The van der Waals surface area contributed by atoms with Crippen molar-refractivity contribution in [2.75, 3.05) is 13.1 Å². The summed E-state index contributed by atoms with van der Waals surface area (Å²) in [6, 6.07) is 3.95. The number of nitrogens with two attached hydrogens (primary N) is 1. The summed E-state index contributed by atoms with van der Waals surface area (Å²) in [5.41, 5.74) is 6.30. The molecule has 2 N–H and O–H groups in total. The van der Waals surface area contributed by atoms with Crippen LogP contribution >= 0.6 is 22.9 Å². The minimum absolute atomic E-state index is 0.00454. The van der Waals surface area contributed by atoms with E-state index in [0.717, 1.165) is 22.3 Å². The fraction of sp³-hybridized carbons (Fsp3) is 0.667. The molecule has 0 aromatic carbocycles. The summed E-state index contributed by atoms with van der Waals surface area (Å²) >= 11 is 7.53. The Morgan fingerprint density at radius 1 is 1.38 bits per heavy atom. The number of rotatable bonds is 5.